The van der Waals surface area contributed by atoms with Gasteiger partial charge in [0.25, 0.3) is 11.6 Å². The van der Waals surface area contributed by atoms with Gasteiger partial charge < -0.3 is 16.0 Å². The van der Waals surface area contributed by atoms with Gasteiger partial charge >= 0.3 is 6.03 Å². The number of nitrogens with one attached hydrogen (secondary N) is 3. The zero-order valence-corrected chi connectivity index (χ0v) is 16.0. The summed E-state index contributed by atoms with van der Waals surface area (Å²) in [5.41, 5.74) is 1.69. The van der Waals surface area contributed by atoms with Crippen LogP contribution in [0.15, 0.2) is 64.7 Å². The summed E-state index contributed by atoms with van der Waals surface area (Å²) in [6.07, 6.45) is 1.96. The smallest absolute Gasteiger partial charge is 0.319 e. The van der Waals surface area contributed by atoms with Gasteiger partial charge in [-0.2, -0.15) is 0 Å². The van der Waals surface area contributed by atoms with E-state index >= 15 is 0 Å². The van der Waals surface area contributed by atoms with Crippen LogP contribution in [0.25, 0.3) is 0 Å². The van der Waals surface area contributed by atoms with Crippen LogP contribution in [0, 0.1) is 10.1 Å². The van der Waals surface area contributed by atoms with Crippen LogP contribution >= 0.6 is 11.8 Å². The molecule has 2 aromatic carbocycles. The number of benzene rings is 2. The molecule has 1 unspecified atom stereocenters. The van der Waals surface area contributed by atoms with E-state index in [-0.39, 0.29) is 5.69 Å². The second-order valence-electron chi connectivity index (χ2n) is 6.10. The number of nitrogens with zero attached hydrogens (tertiary/aromatic N) is 1. The standard InChI is InChI=1S/C19H18N4O4S/c1-11-16(18(24)21-13-4-3-5-14(10-13)23(26)27)17(22-19(25)20-11)12-6-8-15(28-2)9-7-12/h3-10,17H,1-2H3,(H,21,24)(H2,20,22,25). The van der Waals surface area contributed by atoms with E-state index in [2.05, 4.69) is 16.0 Å². The Hall–Kier alpha value is -3.33. The number of nitro groups is 1. The molecule has 0 bridgehead atoms. The Bertz CT molecular complexity index is 972. The molecule has 3 rings (SSSR count). The molecule has 0 saturated carbocycles. The van der Waals surface area contributed by atoms with Crippen molar-refractivity contribution in [2.45, 2.75) is 17.9 Å². The fraction of sp³-hybridized carbons (Fsp3) is 0.158. The molecule has 28 heavy (non-hydrogen) atoms. The third kappa shape index (κ3) is 4.15. The lowest BCUT2D eigenvalue weighted by Crippen LogP contribution is -2.45. The van der Waals surface area contributed by atoms with Crippen LogP contribution in [0.4, 0.5) is 16.2 Å². The molecule has 0 spiro atoms. The number of anilines is 1. The maximum Gasteiger partial charge on any atom is 0.319 e. The number of rotatable bonds is 5. The summed E-state index contributed by atoms with van der Waals surface area (Å²) >= 11 is 1.59. The Morgan fingerprint density at radius 3 is 2.57 bits per heavy atom. The lowest BCUT2D eigenvalue weighted by Gasteiger charge is -2.28. The van der Waals surface area contributed by atoms with Crippen molar-refractivity contribution in [1.29, 1.82) is 0 Å². The lowest BCUT2D eigenvalue weighted by atomic mass is 9.95. The number of hydrogen-bond donors (Lipinski definition) is 3. The molecular weight excluding hydrogens is 380 g/mol. The summed E-state index contributed by atoms with van der Waals surface area (Å²) in [6.45, 7) is 1.64. The number of allylic oxidation sites excluding steroid dienone is 1. The van der Waals surface area contributed by atoms with E-state index < -0.39 is 22.9 Å². The van der Waals surface area contributed by atoms with Crippen molar-refractivity contribution in [3.63, 3.8) is 0 Å². The van der Waals surface area contributed by atoms with Gasteiger partial charge in [-0.15, -0.1) is 11.8 Å². The lowest BCUT2D eigenvalue weighted by molar-refractivity contribution is -0.384. The van der Waals surface area contributed by atoms with Crippen LogP contribution in [-0.2, 0) is 4.79 Å². The van der Waals surface area contributed by atoms with Gasteiger partial charge in [-0.25, -0.2) is 4.79 Å². The first-order valence-electron chi connectivity index (χ1n) is 8.37. The summed E-state index contributed by atoms with van der Waals surface area (Å²) < 4.78 is 0. The van der Waals surface area contributed by atoms with Gasteiger partial charge in [0.15, 0.2) is 0 Å². The Morgan fingerprint density at radius 1 is 1.21 bits per heavy atom. The molecule has 0 aromatic heterocycles. The molecular formula is C19H18N4O4S. The number of carbonyl (C=O) groups is 2. The van der Waals surface area contributed by atoms with Gasteiger partial charge in [-0.1, -0.05) is 18.2 Å². The van der Waals surface area contributed by atoms with Crippen molar-refractivity contribution < 1.29 is 14.5 Å². The van der Waals surface area contributed by atoms with Crippen LogP contribution in [0.2, 0.25) is 0 Å². The minimum Gasteiger partial charge on any atom is -0.327 e. The first-order valence-corrected chi connectivity index (χ1v) is 9.59. The molecule has 0 aliphatic carbocycles. The molecule has 9 heteroatoms. The first-order chi connectivity index (χ1) is 13.4. The van der Waals surface area contributed by atoms with Crippen LogP contribution in [0.5, 0.6) is 0 Å². The quantitative estimate of drug-likeness (QED) is 0.405. The fourth-order valence-electron chi connectivity index (χ4n) is 2.94. The van der Waals surface area contributed by atoms with Crippen molar-refractivity contribution in [3.8, 4) is 0 Å². The van der Waals surface area contributed by atoms with E-state index in [9.17, 15) is 19.7 Å². The topological polar surface area (TPSA) is 113 Å². The Balaban J connectivity index is 1.92. The van der Waals surface area contributed by atoms with Gasteiger partial charge in [-0.3, -0.25) is 14.9 Å². The van der Waals surface area contributed by atoms with Gasteiger partial charge in [0.1, 0.15) is 0 Å². The summed E-state index contributed by atoms with van der Waals surface area (Å²) in [7, 11) is 0. The number of hydrogen-bond acceptors (Lipinski definition) is 5. The number of urea groups is 1. The molecule has 1 atom stereocenters. The third-order valence-corrected chi connectivity index (χ3v) is 5.02. The van der Waals surface area contributed by atoms with Crippen LogP contribution in [-0.4, -0.2) is 23.1 Å². The Labute approximate surface area is 165 Å². The maximum absolute atomic E-state index is 12.9. The number of nitro benzene ring substituents is 1. The molecule has 3 amide bonds. The van der Waals surface area contributed by atoms with Crippen molar-refractivity contribution >= 4 is 35.1 Å². The summed E-state index contributed by atoms with van der Waals surface area (Å²) in [4.78, 5) is 36.4. The number of non-ortho nitro benzene ring substituents is 1. The highest BCUT2D eigenvalue weighted by Gasteiger charge is 2.31. The second-order valence-corrected chi connectivity index (χ2v) is 6.98. The van der Waals surface area contributed by atoms with Gasteiger partial charge in [0, 0.05) is 28.4 Å². The predicted octanol–water partition coefficient (Wildman–Crippen LogP) is 3.58. The monoisotopic (exact) mass is 398 g/mol. The van der Waals surface area contributed by atoms with Gasteiger partial charge in [-0.05, 0) is 36.9 Å². The number of carbonyl (C=O) groups excluding carboxylic acids is 2. The predicted molar refractivity (Wildman–Crippen MR) is 107 cm³/mol. The molecule has 0 fully saturated rings. The molecule has 0 saturated heterocycles. The minimum absolute atomic E-state index is 0.122. The van der Waals surface area contributed by atoms with E-state index in [4.69, 9.17) is 0 Å². The highest BCUT2D eigenvalue weighted by molar-refractivity contribution is 7.98. The molecule has 8 nitrogen and oxygen atoms in total. The van der Waals surface area contributed by atoms with Gasteiger partial charge in [0.05, 0.1) is 16.5 Å². The summed E-state index contributed by atoms with van der Waals surface area (Å²) in [5.74, 6) is -0.454. The molecule has 3 N–H and O–H groups in total. The first kappa shape index (κ1) is 19.4. The van der Waals surface area contributed by atoms with Crippen LogP contribution in [0.3, 0.4) is 0 Å². The van der Waals surface area contributed by atoms with E-state index in [1.807, 2.05) is 30.5 Å². The van der Waals surface area contributed by atoms with Crippen molar-refractivity contribution in [2.24, 2.45) is 0 Å². The van der Waals surface area contributed by atoms with Gasteiger partial charge in [0.2, 0.25) is 0 Å². The average molecular weight is 398 g/mol. The molecule has 2 aromatic rings. The largest absolute Gasteiger partial charge is 0.327 e. The highest BCUT2D eigenvalue weighted by Crippen LogP contribution is 2.29. The number of thioether (sulfide) groups is 1. The fourth-order valence-corrected chi connectivity index (χ4v) is 3.35. The van der Waals surface area contributed by atoms with Crippen LogP contribution in [0.1, 0.15) is 18.5 Å². The van der Waals surface area contributed by atoms with E-state index in [0.717, 1.165) is 10.5 Å². The maximum atomic E-state index is 12.9. The normalized spacial score (nSPS) is 16.2. The zero-order valence-electron chi connectivity index (χ0n) is 15.2. The average Bonchev–Trinajstić information content (AvgIpc) is 2.67. The zero-order chi connectivity index (χ0) is 20.3. The third-order valence-electron chi connectivity index (χ3n) is 4.28. The minimum atomic E-state index is -0.636. The molecule has 0 radical (unpaired) electrons. The SMILES string of the molecule is CSc1ccc(C2NC(=O)NC(C)=C2C(=O)Nc2cccc([N+](=O)[O-])c2)cc1. The Morgan fingerprint density at radius 2 is 1.93 bits per heavy atom. The molecule has 1 aliphatic rings. The van der Waals surface area contributed by atoms with E-state index in [1.54, 1.807) is 24.8 Å². The molecule has 1 aliphatic heterocycles. The molecule has 144 valence electrons. The second kappa shape index (κ2) is 8.13. The van der Waals surface area contributed by atoms with E-state index in [1.165, 1.54) is 18.2 Å². The van der Waals surface area contributed by atoms with Crippen molar-refractivity contribution in [3.05, 3.63) is 75.5 Å². The summed E-state index contributed by atoms with van der Waals surface area (Å²) in [6, 6.07) is 12.2. The highest BCUT2D eigenvalue weighted by atomic mass is 32.2. The molecule has 1 heterocycles. The van der Waals surface area contributed by atoms with Crippen molar-refractivity contribution in [1.82, 2.24) is 10.6 Å². The number of amides is 3. The summed E-state index contributed by atoms with van der Waals surface area (Å²) in [5, 5.41) is 19.0. The van der Waals surface area contributed by atoms with Crippen LogP contribution < -0.4 is 16.0 Å². The van der Waals surface area contributed by atoms with Crippen molar-refractivity contribution in [2.75, 3.05) is 11.6 Å². The Kier molecular flexibility index (Phi) is 5.65. The van der Waals surface area contributed by atoms with E-state index in [0.29, 0.717) is 17.0 Å².